The first kappa shape index (κ1) is 17.1. The van der Waals surface area contributed by atoms with Gasteiger partial charge in [0.25, 0.3) is 0 Å². The van der Waals surface area contributed by atoms with Crippen LogP contribution in [0.15, 0.2) is 59.8 Å². The lowest BCUT2D eigenvalue weighted by molar-refractivity contribution is 0.0473. The second kappa shape index (κ2) is 6.63. The zero-order chi connectivity index (χ0) is 17.2. The van der Waals surface area contributed by atoms with Gasteiger partial charge in [0, 0.05) is 44.1 Å². The van der Waals surface area contributed by atoms with Crippen LogP contribution in [-0.4, -0.2) is 47.8 Å². The third-order valence-electron chi connectivity index (χ3n) is 4.53. The molecule has 1 aliphatic heterocycles. The summed E-state index contributed by atoms with van der Waals surface area (Å²) in [6.07, 6.45) is 3.00. The number of hydrogen-bond acceptors (Lipinski definition) is 4. The Labute approximate surface area is 144 Å². The van der Waals surface area contributed by atoms with E-state index in [2.05, 4.69) is 35.9 Å². The summed E-state index contributed by atoms with van der Waals surface area (Å²) < 4.78 is 27.2. The van der Waals surface area contributed by atoms with Gasteiger partial charge in [-0.1, -0.05) is 30.3 Å². The summed E-state index contributed by atoms with van der Waals surface area (Å²) in [5, 5.41) is 0. The number of aromatic nitrogens is 1. The average Bonchev–Trinajstić information content (AvgIpc) is 2.58. The van der Waals surface area contributed by atoms with E-state index in [0.717, 1.165) is 6.54 Å². The van der Waals surface area contributed by atoms with Crippen molar-refractivity contribution < 1.29 is 8.42 Å². The van der Waals surface area contributed by atoms with Gasteiger partial charge in [0.2, 0.25) is 10.0 Å². The summed E-state index contributed by atoms with van der Waals surface area (Å²) in [7, 11) is -3.49. The van der Waals surface area contributed by atoms with E-state index in [4.69, 9.17) is 0 Å². The second-order valence-corrected chi connectivity index (χ2v) is 8.68. The Balaban J connectivity index is 1.76. The van der Waals surface area contributed by atoms with Gasteiger partial charge >= 0.3 is 0 Å². The molecule has 1 fully saturated rings. The van der Waals surface area contributed by atoms with Crippen molar-refractivity contribution >= 4 is 10.0 Å². The Morgan fingerprint density at radius 3 is 2.46 bits per heavy atom. The molecule has 1 aromatic carbocycles. The van der Waals surface area contributed by atoms with E-state index in [1.807, 2.05) is 18.2 Å². The number of rotatable bonds is 4. The Hall–Kier alpha value is -1.76. The van der Waals surface area contributed by atoms with Gasteiger partial charge in [-0.05, 0) is 31.5 Å². The SMILES string of the molecule is CC1(C)CN(S(=O)(=O)c2cccnc2)CCN1Cc1ccccc1. The fourth-order valence-electron chi connectivity index (χ4n) is 3.10. The van der Waals surface area contributed by atoms with Gasteiger partial charge in [-0.15, -0.1) is 0 Å². The number of sulfonamides is 1. The maximum absolute atomic E-state index is 12.8. The Bertz CT molecular complexity index is 776. The van der Waals surface area contributed by atoms with Crippen LogP contribution in [0.25, 0.3) is 0 Å². The highest BCUT2D eigenvalue weighted by atomic mass is 32.2. The predicted molar refractivity (Wildman–Crippen MR) is 93.9 cm³/mol. The van der Waals surface area contributed by atoms with E-state index in [1.54, 1.807) is 22.6 Å². The minimum atomic E-state index is -3.49. The molecule has 0 unspecified atom stereocenters. The lowest BCUT2D eigenvalue weighted by Crippen LogP contribution is -2.59. The molecule has 6 heteroatoms. The molecule has 128 valence electrons. The van der Waals surface area contributed by atoms with Crippen LogP contribution in [0.4, 0.5) is 0 Å². The molecular formula is C18H23N3O2S. The van der Waals surface area contributed by atoms with E-state index in [9.17, 15) is 8.42 Å². The number of nitrogens with zero attached hydrogens (tertiary/aromatic N) is 3. The zero-order valence-electron chi connectivity index (χ0n) is 14.1. The highest BCUT2D eigenvalue weighted by molar-refractivity contribution is 7.89. The first-order valence-electron chi connectivity index (χ1n) is 8.09. The van der Waals surface area contributed by atoms with Crippen molar-refractivity contribution in [1.82, 2.24) is 14.2 Å². The predicted octanol–water partition coefficient (Wildman–Crippen LogP) is 2.37. The highest BCUT2D eigenvalue weighted by Crippen LogP contribution is 2.27. The molecule has 0 N–H and O–H groups in total. The number of hydrogen-bond donors (Lipinski definition) is 0. The number of pyridine rings is 1. The largest absolute Gasteiger partial charge is 0.291 e. The quantitative estimate of drug-likeness (QED) is 0.854. The summed E-state index contributed by atoms with van der Waals surface area (Å²) in [6, 6.07) is 13.5. The lowest BCUT2D eigenvalue weighted by atomic mass is 9.99. The maximum Gasteiger partial charge on any atom is 0.244 e. The van der Waals surface area contributed by atoms with Crippen LogP contribution >= 0.6 is 0 Å². The highest BCUT2D eigenvalue weighted by Gasteiger charge is 2.38. The molecule has 2 heterocycles. The average molecular weight is 345 g/mol. The van der Waals surface area contributed by atoms with E-state index in [1.165, 1.54) is 11.8 Å². The minimum absolute atomic E-state index is 0.233. The smallest absolute Gasteiger partial charge is 0.244 e. The first-order valence-corrected chi connectivity index (χ1v) is 9.53. The molecule has 24 heavy (non-hydrogen) atoms. The van der Waals surface area contributed by atoms with Crippen LogP contribution in [0.1, 0.15) is 19.4 Å². The third kappa shape index (κ3) is 3.50. The molecule has 2 aromatic rings. The van der Waals surface area contributed by atoms with E-state index < -0.39 is 10.0 Å². The van der Waals surface area contributed by atoms with Crippen LogP contribution in [-0.2, 0) is 16.6 Å². The van der Waals surface area contributed by atoms with E-state index >= 15 is 0 Å². The van der Waals surface area contributed by atoms with Gasteiger partial charge in [-0.25, -0.2) is 8.42 Å². The van der Waals surface area contributed by atoms with Gasteiger partial charge in [-0.2, -0.15) is 4.31 Å². The summed E-state index contributed by atoms with van der Waals surface area (Å²) in [5.41, 5.74) is 1.01. The van der Waals surface area contributed by atoms with Crippen molar-refractivity contribution in [2.75, 3.05) is 19.6 Å². The Kier molecular flexibility index (Phi) is 4.71. The molecule has 1 aliphatic rings. The minimum Gasteiger partial charge on any atom is -0.291 e. The van der Waals surface area contributed by atoms with Crippen molar-refractivity contribution in [3.05, 3.63) is 60.4 Å². The van der Waals surface area contributed by atoms with E-state index in [0.29, 0.717) is 19.6 Å². The normalized spacial score (nSPS) is 19.2. The van der Waals surface area contributed by atoms with Crippen molar-refractivity contribution in [3.8, 4) is 0 Å². The molecule has 0 radical (unpaired) electrons. The van der Waals surface area contributed by atoms with E-state index in [-0.39, 0.29) is 10.4 Å². The van der Waals surface area contributed by atoms with Gasteiger partial charge in [-0.3, -0.25) is 9.88 Å². The monoisotopic (exact) mass is 345 g/mol. The van der Waals surface area contributed by atoms with Crippen LogP contribution in [0.5, 0.6) is 0 Å². The fourth-order valence-corrected chi connectivity index (χ4v) is 4.65. The summed E-state index contributed by atoms with van der Waals surface area (Å²) in [4.78, 5) is 6.54. The second-order valence-electron chi connectivity index (χ2n) is 6.75. The van der Waals surface area contributed by atoms with Gasteiger partial charge < -0.3 is 0 Å². The van der Waals surface area contributed by atoms with Gasteiger partial charge in [0.05, 0.1) is 0 Å². The topological polar surface area (TPSA) is 53.5 Å². The van der Waals surface area contributed by atoms with Gasteiger partial charge in [0.15, 0.2) is 0 Å². The standard InChI is InChI=1S/C18H23N3O2S/c1-18(2)15-21(24(22,23)17-9-6-10-19-13-17)12-11-20(18)14-16-7-4-3-5-8-16/h3-10,13H,11-12,14-15H2,1-2H3. The molecule has 1 saturated heterocycles. The summed E-state index contributed by atoms with van der Waals surface area (Å²) >= 11 is 0. The molecule has 0 amide bonds. The summed E-state index contributed by atoms with van der Waals surface area (Å²) in [6.45, 7) is 6.70. The number of benzene rings is 1. The maximum atomic E-state index is 12.8. The van der Waals surface area contributed by atoms with Crippen molar-refractivity contribution in [3.63, 3.8) is 0 Å². The van der Waals surface area contributed by atoms with Crippen LogP contribution < -0.4 is 0 Å². The van der Waals surface area contributed by atoms with Crippen LogP contribution in [0.3, 0.4) is 0 Å². The summed E-state index contributed by atoms with van der Waals surface area (Å²) in [5.74, 6) is 0. The van der Waals surface area contributed by atoms with Crippen molar-refractivity contribution in [1.29, 1.82) is 0 Å². The molecule has 0 atom stereocenters. The third-order valence-corrected chi connectivity index (χ3v) is 6.36. The van der Waals surface area contributed by atoms with Crippen LogP contribution in [0.2, 0.25) is 0 Å². The molecule has 1 aromatic heterocycles. The van der Waals surface area contributed by atoms with Gasteiger partial charge in [0.1, 0.15) is 4.90 Å². The molecule has 0 saturated carbocycles. The van der Waals surface area contributed by atoms with Crippen LogP contribution in [0, 0.1) is 0 Å². The zero-order valence-corrected chi connectivity index (χ0v) is 14.9. The Morgan fingerprint density at radius 2 is 1.83 bits per heavy atom. The lowest BCUT2D eigenvalue weighted by Gasteiger charge is -2.46. The Morgan fingerprint density at radius 1 is 1.08 bits per heavy atom. The molecule has 0 bridgehead atoms. The van der Waals surface area contributed by atoms with Crippen molar-refractivity contribution in [2.24, 2.45) is 0 Å². The molecule has 0 aliphatic carbocycles. The van der Waals surface area contributed by atoms with Crippen molar-refractivity contribution in [2.45, 2.75) is 30.8 Å². The first-order chi connectivity index (χ1) is 11.4. The molecule has 3 rings (SSSR count). The molecule has 0 spiro atoms. The fraction of sp³-hybridized carbons (Fsp3) is 0.389. The molecular weight excluding hydrogens is 322 g/mol. The molecule has 5 nitrogen and oxygen atoms in total. The number of piperazine rings is 1.